The Bertz CT molecular complexity index is 1030. The van der Waals surface area contributed by atoms with Gasteiger partial charge in [0.25, 0.3) is 0 Å². The molecule has 1 fully saturated rings. The third kappa shape index (κ3) is 9.96. The fraction of sp³-hybridized carbons (Fsp3) is 0.462. The molecule has 0 amide bonds. The summed E-state index contributed by atoms with van der Waals surface area (Å²) in [6, 6.07) is 8.18. The fourth-order valence-electron chi connectivity index (χ4n) is 4.01. The highest BCUT2D eigenvalue weighted by molar-refractivity contribution is 8.03. The summed E-state index contributed by atoms with van der Waals surface area (Å²) in [6.07, 6.45) is 3.25. The van der Waals surface area contributed by atoms with Crippen LogP contribution in [0.1, 0.15) is 24.7 Å². The number of benzene rings is 1. The van der Waals surface area contributed by atoms with Gasteiger partial charge in [-0.1, -0.05) is 35.5 Å². The SMILES string of the molecule is C=N/C=C(/C=O)SCNc1cc(N2CCN(CCCN)C[C@H]2C)nc(C)n1.CNc1c(C)cccc1Cl. The molecule has 37 heavy (non-hydrogen) atoms. The van der Waals surface area contributed by atoms with Crippen LogP contribution in [-0.2, 0) is 4.79 Å². The molecule has 0 radical (unpaired) electrons. The van der Waals surface area contributed by atoms with Crippen LogP contribution in [0, 0.1) is 13.8 Å². The van der Waals surface area contributed by atoms with Crippen molar-refractivity contribution in [3.05, 3.63) is 51.8 Å². The molecule has 0 unspecified atom stereocenters. The van der Waals surface area contributed by atoms with E-state index in [4.69, 9.17) is 17.3 Å². The first-order chi connectivity index (χ1) is 17.8. The number of piperazine rings is 1. The van der Waals surface area contributed by atoms with Gasteiger partial charge in [-0.25, -0.2) is 9.97 Å². The van der Waals surface area contributed by atoms with Gasteiger partial charge in [0.05, 0.1) is 21.5 Å². The molecule has 2 heterocycles. The Kier molecular flexibility index (Phi) is 13.4. The van der Waals surface area contributed by atoms with E-state index in [0.29, 0.717) is 16.8 Å². The van der Waals surface area contributed by atoms with E-state index in [2.05, 4.69) is 49.0 Å². The van der Waals surface area contributed by atoms with Crippen LogP contribution in [0.3, 0.4) is 0 Å². The number of anilines is 3. The van der Waals surface area contributed by atoms with Gasteiger partial charge in [0.2, 0.25) is 0 Å². The number of para-hydroxylation sites is 1. The Hall–Kier alpha value is -2.66. The molecular weight excluding hydrogens is 508 g/mol. The quantitative estimate of drug-likeness (QED) is 0.165. The fourth-order valence-corrected chi connectivity index (χ4v) is 4.93. The van der Waals surface area contributed by atoms with Crippen LogP contribution in [0.25, 0.3) is 0 Å². The first-order valence-corrected chi connectivity index (χ1v) is 13.6. The third-order valence-electron chi connectivity index (χ3n) is 5.81. The zero-order valence-corrected chi connectivity index (χ0v) is 23.8. The highest BCUT2D eigenvalue weighted by Gasteiger charge is 2.25. The highest BCUT2D eigenvalue weighted by atomic mass is 35.5. The second-order valence-corrected chi connectivity index (χ2v) is 10.1. The topological polar surface area (TPSA) is 112 Å². The van der Waals surface area contributed by atoms with Gasteiger partial charge in [-0.2, -0.15) is 0 Å². The van der Waals surface area contributed by atoms with Crippen LogP contribution >= 0.6 is 23.4 Å². The second kappa shape index (κ2) is 16.2. The van der Waals surface area contributed by atoms with E-state index < -0.39 is 0 Å². The summed E-state index contributed by atoms with van der Waals surface area (Å²) in [5.74, 6) is 2.91. The number of nitrogens with one attached hydrogen (secondary N) is 2. The molecule has 1 aliphatic heterocycles. The van der Waals surface area contributed by atoms with Crippen LogP contribution in [0.5, 0.6) is 0 Å². The Morgan fingerprint density at radius 3 is 2.73 bits per heavy atom. The number of aldehydes is 1. The summed E-state index contributed by atoms with van der Waals surface area (Å²) >= 11 is 7.22. The van der Waals surface area contributed by atoms with Crippen molar-refractivity contribution < 1.29 is 4.79 Å². The minimum absolute atomic E-state index is 0.372. The number of nitrogens with two attached hydrogens (primary N) is 1. The van der Waals surface area contributed by atoms with Gasteiger partial charge >= 0.3 is 0 Å². The molecule has 2 aromatic rings. The van der Waals surface area contributed by atoms with Crippen molar-refractivity contribution in [1.29, 1.82) is 0 Å². The Labute approximate surface area is 230 Å². The monoisotopic (exact) mass is 546 g/mol. The van der Waals surface area contributed by atoms with Crippen molar-refractivity contribution in [2.75, 3.05) is 61.2 Å². The number of nitrogens with zero attached hydrogens (tertiary/aromatic N) is 5. The Balaban J connectivity index is 0.000000402. The molecule has 1 aromatic heterocycles. The van der Waals surface area contributed by atoms with Crippen molar-refractivity contribution >= 4 is 53.7 Å². The summed E-state index contributed by atoms with van der Waals surface area (Å²) in [7, 11) is 1.87. The first kappa shape index (κ1) is 30.6. The zero-order chi connectivity index (χ0) is 27.2. The number of hydrogen-bond donors (Lipinski definition) is 3. The van der Waals surface area contributed by atoms with Crippen molar-refractivity contribution in [2.24, 2.45) is 10.7 Å². The van der Waals surface area contributed by atoms with E-state index in [1.54, 1.807) is 0 Å². The second-order valence-electron chi connectivity index (χ2n) is 8.62. The molecule has 4 N–H and O–H groups in total. The van der Waals surface area contributed by atoms with Crippen molar-refractivity contribution in [3.8, 4) is 0 Å². The van der Waals surface area contributed by atoms with E-state index in [-0.39, 0.29) is 0 Å². The number of aromatic nitrogens is 2. The number of halogens is 1. The molecule has 1 saturated heterocycles. The van der Waals surface area contributed by atoms with Crippen molar-refractivity contribution in [2.45, 2.75) is 33.2 Å². The smallest absolute Gasteiger partial charge is 0.158 e. The molecule has 1 atom stereocenters. The molecule has 11 heteroatoms. The van der Waals surface area contributed by atoms with Crippen LogP contribution in [-0.4, -0.2) is 79.6 Å². The molecular formula is C26H39ClN8OS. The zero-order valence-electron chi connectivity index (χ0n) is 22.2. The van der Waals surface area contributed by atoms with Gasteiger partial charge in [0, 0.05) is 45.0 Å². The number of aryl methyl sites for hydroxylation is 2. The minimum atomic E-state index is 0.372. The van der Waals surface area contributed by atoms with E-state index in [1.165, 1.54) is 23.5 Å². The normalized spacial score (nSPS) is 16.0. The molecule has 0 saturated carbocycles. The molecule has 1 aromatic carbocycles. The maximum absolute atomic E-state index is 10.9. The number of thioether (sulfide) groups is 1. The van der Waals surface area contributed by atoms with Gasteiger partial charge in [0.1, 0.15) is 17.5 Å². The van der Waals surface area contributed by atoms with Gasteiger partial charge in [-0.3, -0.25) is 14.7 Å². The number of hydrogen-bond acceptors (Lipinski definition) is 10. The summed E-state index contributed by atoms with van der Waals surface area (Å²) in [5, 5.41) is 7.05. The summed E-state index contributed by atoms with van der Waals surface area (Å²) in [6.45, 7) is 14.2. The predicted molar refractivity (Wildman–Crippen MR) is 159 cm³/mol. The standard InChI is InChI=1S/C18H29N7OS.C8H10ClN/c1-14-11-24(6-4-5-19)7-8-25(14)18-9-17(22-15(2)23-18)21-13-27-16(12-26)10-20-3;1-6-4-3-5-7(9)8(6)10-2/h9-10,12,14H,3-8,11,13,19H2,1-2H3,(H,21,22,23);3-5,10H,1-2H3/b16-10-;/t14-;/m1./s1. The lowest BCUT2D eigenvalue weighted by Gasteiger charge is -2.40. The van der Waals surface area contributed by atoms with Crippen molar-refractivity contribution in [1.82, 2.24) is 14.9 Å². The molecule has 1 aliphatic rings. The van der Waals surface area contributed by atoms with Gasteiger partial charge < -0.3 is 21.3 Å². The van der Waals surface area contributed by atoms with Gasteiger partial charge in [-0.15, -0.1) is 0 Å². The average Bonchev–Trinajstić information content (AvgIpc) is 2.87. The van der Waals surface area contributed by atoms with Crippen LogP contribution in [0.15, 0.2) is 40.4 Å². The molecule has 0 spiro atoms. The molecule has 202 valence electrons. The number of rotatable bonds is 11. The first-order valence-electron chi connectivity index (χ1n) is 12.3. The van der Waals surface area contributed by atoms with E-state index in [1.807, 2.05) is 45.2 Å². The molecule has 3 rings (SSSR count). The third-order valence-corrected chi connectivity index (χ3v) is 6.95. The van der Waals surface area contributed by atoms with E-state index >= 15 is 0 Å². The van der Waals surface area contributed by atoms with Crippen LogP contribution < -0.4 is 21.3 Å². The van der Waals surface area contributed by atoms with E-state index in [9.17, 15) is 4.79 Å². The maximum atomic E-state index is 10.9. The Morgan fingerprint density at radius 2 is 2.14 bits per heavy atom. The van der Waals surface area contributed by atoms with E-state index in [0.717, 1.165) is 73.6 Å². The number of aliphatic imine (C=N–C) groups is 1. The maximum Gasteiger partial charge on any atom is 0.158 e. The number of allylic oxidation sites excluding steroid dienone is 1. The van der Waals surface area contributed by atoms with Crippen molar-refractivity contribution in [3.63, 3.8) is 0 Å². The Morgan fingerprint density at radius 1 is 1.35 bits per heavy atom. The summed E-state index contributed by atoms with van der Waals surface area (Å²) < 4.78 is 0. The molecule has 9 nitrogen and oxygen atoms in total. The number of carbonyl (C=O) groups excluding carboxylic acids is 1. The largest absolute Gasteiger partial charge is 0.387 e. The minimum Gasteiger partial charge on any atom is -0.387 e. The van der Waals surface area contributed by atoms with Gasteiger partial charge in [-0.05, 0) is 58.6 Å². The van der Waals surface area contributed by atoms with Gasteiger partial charge in [0.15, 0.2) is 6.29 Å². The summed E-state index contributed by atoms with van der Waals surface area (Å²) in [4.78, 5) is 28.9. The number of carbonyl (C=O) groups is 1. The molecule has 0 aliphatic carbocycles. The lowest BCUT2D eigenvalue weighted by atomic mass is 10.2. The summed E-state index contributed by atoms with van der Waals surface area (Å²) in [5.41, 5.74) is 7.82. The molecule has 0 bridgehead atoms. The van der Waals surface area contributed by atoms with Crippen LogP contribution in [0.2, 0.25) is 5.02 Å². The van der Waals surface area contributed by atoms with Crippen LogP contribution in [0.4, 0.5) is 17.3 Å². The predicted octanol–water partition coefficient (Wildman–Crippen LogP) is 4.18. The average molecular weight is 547 g/mol. The highest BCUT2D eigenvalue weighted by Crippen LogP contribution is 2.24. The lowest BCUT2D eigenvalue weighted by molar-refractivity contribution is -0.104. The lowest BCUT2D eigenvalue weighted by Crippen LogP contribution is -2.52.